The van der Waals surface area contributed by atoms with Crippen molar-refractivity contribution in [3.05, 3.63) is 102 Å². The Kier molecular flexibility index (Phi) is 5.00. The second-order valence-corrected chi connectivity index (χ2v) is 7.54. The molecule has 0 atom stereocenters. The van der Waals surface area contributed by atoms with E-state index in [2.05, 4.69) is 0 Å². The van der Waals surface area contributed by atoms with Crippen LogP contribution in [0.3, 0.4) is 0 Å². The number of carbonyl (C=O) groups is 1. The molecule has 5 rings (SSSR count). The Morgan fingerprint density at radius 1 is 0.938 bits per heavy atom. The molecule has 0 radical (unpaired) electrons. The van der Waals surface area contributed by atoms with Crippen LogP contribution in [0.2, 0.25) is 0 Å². The molecule has 0 amide bonds. The van der Waals surface area contributed by atoms with Gasteiger partial charge >= 0.3 is 5.97 Å². The molecular weight excluding hydrogens is 402 g/mol. The highest BCUT2D eigenvalue weighted by atomic mass is 16.5. The zero-order valence-electron chi connectivity index (χ0n) is 17.5. The Balaban J connectivity index is 1.67. The molecule has 0 fully saturated rings. The molecule has 2 aromatic heterocycles. The summed E-state index contributed by atoms with van der Waals surface area (Å²) in [6.07, 6.45) is 1.64. The number of para-hydroxylation sites is 1. The molecule has 5 aromatic rings. The third-order valence-corrected chi connectivity index (χ3v) is 5.63. The smallest absolute Gasteiger partial charge is 0.353 e. The molecule has 0 saturated carbocycles. The van der Waals surface area contributed by atoms with Crippen molar-refractivity contribution in [2.45, 2.75) is 6.54 Å². The number of hydrogen-bond acceptors (Lipinski definition) is 3. The lowest BCUT2D eigenvalue weighted by molar-refractivity contribution is 0.0687. The van der Waals surface area contributed by atoms with Crippen molar-refractivity contribution in [3.63, 3.8) is 0 Å². The average Bonchev–Trinajstić information content (AvgIpc) is 3.47. The predicted molar refractivity (Wildman–Crippen MR) is 124 cm³/mol. The minimum absolute atomic E-state index is 0.264. The first-order valence-electron chi connectivity index (χ1n) is 10.3. The molecule has 1 N–H and O–H groups in total. The number of benzene rings is 3. The summed E-state index contributed by atoms with van der Waals surface area (Å²) >= 11 is 0. The predicted octanol–water partition coefficient (Wildman–Crippen LogP) is 6.32. The van der Waals surface area contributed by atoms with Crippen molar-refractivity contribution in [2.24, 2.45) is 0 Å². The Morgan fingerprint density at radius 2 is 1.72 bits per heavy atom. The summed E-state index contributed by atoms with van der Waals surface area (Å²) in [6, 6.07) is 27.0. The van der Waals surface area contributed by atoms with E-state index in [4.69, 9.17) is 9.15 Å². The number of furan rings is 1. The van der Waals surface area contributed by atoms with Gasteiger partial charge in [0.25, 0.3) is 0 Å². The summed E-state index contributed by atoms with van der Waals surface area (Å²) in [7, 11) is 1.62. The van der Waals surface area contributed by atoms with Gasteiger partial charge in [0.1, 0.15) is 17.2 Å². The molecule has 32 heavy (non-hydrogen) atoms. The van der Waals surface area contributed by atoms with Gasteiger partial charge in [-0.2, -0.15) is 0 Å². The summed E-state index contributed by atoms with van der Waals surface area (Å²) in [4.78, 5) is 12.5. The van der Waals surface area contributed by atoms with Crippen LogP contribution in [0.15, 0.2) is 95.6 Å². The zero-order valence-corrected chi connectivity index (χ0v) is 17.5. The number of ether oxygens (including phenoxy) is 1. The SMILES string of the molecule is COc1cccc(Cn2c(C(=O)O)c(-c3ccc(-c4ccco4)cc3)c3ccccc32)c1. The minimum Gasteiger partial charge on any atom is -0.497 e. The molecule has 0 bridgehead atoms. The van der Waals surface area contributed by atoms with Crippen LogP contribution in [0.25, 0.3) is 33.4 Å². The van der Waals surface area contributed by atoms with Crippen molar-refractivity contribution in [2.75, 3.05) is 7.11 Å². The monoisotopic (exact) mass is 423 g/mol. The average molecular weight is 423 g/mol. The molecule has 0 saturated heterocycles. The lowest BCUT2D eigenvalue weighted by atomic mass is 10.00. The molecule has 3 aromatic carbocycles. The van der Waals surface area contributed by atoms with Crippen molar-refractivity contribution in [1.29, 1.82) is 0 Å². The molecule has 0 aliphatic carbocycles. The van der Waals surface area contributed by atoms with Gasteiger partial charge in [0.15, 0.2) is 0 Å². The number of carboxylic acid groups (broad SMARTS) is 1. The second kappa shape index (κ2) is 8.12. The van der Waals surface area contributed by atoms with Gasteiger partial charge in [0, 0.05) is 28.6 Å². The molecule has 0 spiro atoms. The van der Waals surface area contributed by atoms with Crippen molar-refractivity contribution in [3.8, 4) is 28.2 Å². The summed E-state index contributed by atoms with van der Waals surface area (Å²) in [5, 5.41) is 11.1. The lowest BCUT2D eigenvalue weighted by Gasteiger charge is -2.11. The zero-order chi connectivity index (χ0) is 22.1. The van der Waals surface area contributed by atoms with E-state index in [1.165, 1.54) is 0 Å². The van der Waals surface area contributed by atoms with Gasteiger partial charge in [-0.05, 0) is 41.5 Å². The van der Waals surface area contributed by atoms with Gasteiger partial charge in [-0.15, -0.1) is 0 Å². The third kappa shape index (κ3) is 3.44. The molecule has 158 valence electrons. The normalized spacial score (nSPS) is 11.0. The Morgan fingerprint density at radius 3 is 2.44 bits per heavy atom. The summed E-state index contributed by atoms with van der Waals surface area (Å²) in [6.45, 7) is 0.420. The van der Waals surface area contributed by atoms with Crippen LogP contribution < -0.4 is 4.74 Å². The number of rotatable bonds is 6. The Labute approximate surface area is 185 Å². The van der Waals surface area contributed by atoms with Crippen LogP contribution in [0, 0.1) is 0 Å². The molecule has 0 aliphatic rings. The maximum Gasteiger partial charge on any atom is 0.353 e. The van der Waals surface area contributed by atoms with Crippen molar-refractivity contribution < 1.29 is 19.1 Å². The highest BCUT2D eigenvalue weighted by Crippen LogP contribution is 2.36. The summed E-state index contributed by atoms with van der Waals surface area (Å²) < 4.78 is 12.7. The number of aromatic carboxylic acids is 1. The minimum atomic E-state index is -0.964. The van der Waals surface area contributed by atoms with E-state index in [-0.39, 0.29) is 5.69 Å². The lowest BCUT2D eigenvalue weighted by Crippen LogP contribution is -2.10. The van der Waals surface area contributed by atoms with E-state index >= 15 is 0 Å². The largest absolute Gasteiger partial charge is 0.497 e. The maximum absolute atomic E-state index is 12.5. The molecule has 5 heteroatoms. The van der Waals surface area contributed by atoms with Gasteiger partial charge in [0.05, 0.1) is 13.4 Å². The van der Waals surface area contributed by atoms with Crippen LogP contribution >= 0.6 is 0 Å². The Hall–Kier alpha value is -4.25. The molecule has 0 aliphatic heterocycles. The standard InChI is InChI=1S/C27H21NO4/c1-31-21-7-4-6-18(16-21)17-28-23-9-3-2-8-22(23)25(26(28)27(29)30)20-13-11-19(12-14-20)24-10-5-15-32-24/h2-16H,17H2,1H3,(H,29,30). The highest BCUT2D eigenvalue weighted by molar-refractivity contribution is 6.08. The summed E-state index contributed by atoms with van der Waals surface area (Å²) in [5.41, 5.74) is 4.60. The van der Waals surface area contributed by atoms with Crippen LogP contribution in [0.4, 0.5) is 0 Å². The maximum atomic E-state index is 12.5. The van der Waals surface area contributed by atoms with Crippen molar-refractivity contribution in [1.82, 2.24) is 4.57 Å². The van der Waals surface area contributed by atoms with Crippen LogP contribution in [0.5, 0.6) is 5.75 Å². The fraction of sp³-hybridized carbons (Fsp3) is 0.0741. The number of fused-ring (bicyclic) bond motifs is 1. The number of aromatic nitrogens is 1. The highest BCUT2D eigenvalue weighted by Gasteiger charge is 2.23. The molecule has 5 nitrogen and oxygen atoms in total. The molecular formula is C27H21NO4. The Bertz CT molecular complexity index is 1400. The fourth-order valence-corrected chi connectivity index (χ4v) is 4.18. The number of nitrogens with zero attached hydrogens (tertiary/aromatic N) is 1. The van der Waals surface area contributed by atoms with E-state index in [1.54, 1.807) is 13.4 Å². The molecule has 0 unspecified atom stereocenters. The number of hydrogen-bond donors (Lipinski definition) is 1. The quantitative estimate of drug-likeness (QED) is 0.347. The topological polar surface area (TPSA) is 64.6 Å². The molecule has 2 heterocycles. The third-order valence-electron chi connectivity index (χ3n) is 5.63. The van der Waals surface area contributed by atoms with E-state index in [1.807, 2.05) is 89.5 Å². The van der Waals surface area contributed by atoms with Crippen LogP contribution in [-0.2, 0) is 6.54 Å². The first-order valence-corrected chi connectivity index (χ1v) is 10.3. The van der Waals surface area contributed by atoms with Crippen LogP contribution in [-0.4, -0.2) is 22.8 Å². The van der Waals surface area contributed by atoms with Crippen LogP contribution in [0.1, 0.15) is 16.1 Å². The summed E-state index contributed by atoms with van der Waals surface area (Å²) in [5.74, 6) is 0.550. The van der Waals surface area contributed by atoms with Crippen molar-refractivity contribution >= 4 is 16.9 Å². The van der Waals surface area contributed by atoms with Gasteiger partial charge in [-0.1, -0.05) is 54.6 Å². The number of methoxy groups -OCH3 is 1. The van der Waals surface area contributed by atoms with Gasteiger partial charge in [0.2, 0.25) is 0 Å². The van der Waals surface area contributed by atoms with Gasteiger partial charge in [-0.25, -0.2) is 4.79 Å². The van der Waals surface area contributed by atoms with E-state index in [0.29, 0.717) is 12.1 Å². The van der Waals surface area contributed by atoms with Gasteiger partial charge < -0.3 is 18.8 Å². The fourth-order valence-electron chi connectivity index (χ4n) is 4.18. The number of carboxylic acids is 1. The second-order valence-electron chi connectivity index (χ2n) is 7.54. The van der Waals surface area contributed by atoms with Gasteiger partial charge in [-0.3, -0.25) is 0 Å². The van der Waals surface area contributed by atoms with E-state index in [9.17, 15) is 9.90 Å². The van der Waals surface area contributed by atoms with E-state index in [0.717, 1.165) is 39.1 Å². The first-order chi connectivity index (χ1) is 15.7. The first kappa shape index (κ1) is 19.7. The van der Waals surface area contributed by atoms with E-state index < -0.39 is 5.97 Å².